The Morgan fingerprint density at radius 1 is 1.61 bits per heavy atom. The molecule has 0 saturated carbocycles. The highest BCUT2D eigenvalue weighted by atomic mass is 35.5. The molecule has 0 radical (unpaired) electrons. The number of Topliss-reactive ketones (excluding diaryl/α,β-unsaturated/α-hetero) is 1. The van der Waals surface area contributed by atoms with E-state index in [9.17, 15) is 9.18 Å². The van der Waals surface area contributed by atoms with Crippen molar-refractivity contribution in [1.29, 1.82) is 0 Å². The Morgan fingerprint density at radius 2 is 2.39 bits per heavy atom. The van der Waals surface area contributed by atoms with Gasteiger partial charge in [0.2, 0.25) is 0 Å². The van der Waals surface area contributed by atoms with Gasteiger partial charge < -0.3 is 0 Å². The number of likely N-dealkylation sites (N-methyl/N-ethyl adjacent to an activating group) is 1. The van der Waals surface area contributed by atoms with Gasteiger partial charge in [-0.15, -0.1) is 0 Å². The van der Waals surface area contributed by atoms with Gasteiger partial charge in [0, 0.05) is 24.5 Å². The van der Waals surface area contributed by atoms with Crippen molar-refractivity contribution < 1.29 is 9.18 Å². The van der Waals surface area contributed by atoms with Gasteiger partial charge in [-0.3, -0.25) is 9.69 Å². The van der Waals surface area contributed by atoms with Crippen LogP contribution >= 0.6 is 23.4 Å². The molecular formula is C13H15ClFNOS. The number of carbonyl (C=O) groups is 1. The molecule has 5 heteroatoms. The summed E-state index contributed by atoms with van der Waals surface area (Å²) >= 11 is 7.41. The number of thioether (sulfide) groups is 1. The number of hydrogen-bond acceptors (Lipinski definition) is 3. The monoisotopic (exact) mass is 287 g/mol. The molecule has 1 saturated heterocycles. The van der Waals surface area contributed by atoms with Crippen LogP contribution in [0.5, 0.6) is 0 Å². The third-order valence-electron chi connectivity index (χ3n) is 3.13. The summed E-state index contributed by atoms with van der Waals surface area (Å²) < 4.78 is 13.3. The van der Waals surface area contributed by atoms with Gasteiger partial charge in [0.15, 0.2) is 5.78 Å². The second-order valence-corrected chi connectivity index (χ2v) is 6.02. The van der Waals surface area contributed by atoms with Crippen molar-refractivity contribution >= 4 is 29.1 Å². The summed E-state index contributed by atoms with van der Waals surface area (Å²) in [4.78, 5) is 14.2. The molecule has 1 aliphatic rings. The van der Waals surface area contributed by atoms with E-state index >= 15 is 0 Å². The van der Waals surface area contributed by atoms with Crippen molar-refractivity contribution in [2.24, 2.45) is 0 Å². The van der Waals surface area contributed by atoms with E-state index in [4.69, 9.17) is 11.6 Å². The number of benzene rings is 1. The highest BCUT2D eigenvalue weighted by Gasteiger charge is 2.26. The smallest absolute Gasteiger partial charge is 0.155 e. The zero-order valence-corrected chi connectivity index (χ0v) is 11.7. The van der Waals surface area contributed by atoms with Crippen molar-refractivity contribution in [1.82, 2.24) is 4.90 Å². The summed E-state index contributed by atoms with van der Waals surface area (Å²) in [6, 6.07) is 4.50. The first-order chi connectivity index (χ1) is 8.58. The third-order valence-corrected chi connectivity index (χ3v) is 4.46. The zero-order valence-electron chi connectivity index (χ0n) is 10.2. The molecule has 2 rings (SSSR count). The van der Waals surface area contributed by atoms with Crippen molar-refractivity contribution in [3.05, 3.63) is 34.6 Å². The normalized spacial score (nSPS) is 20.9. The molecule has 1 heterocycles. The molecule has 0 aromatic heterocycles. The van der Waals surface area contributed by atoms with Crippen molar-refractivity contribution in [3.63, 3.8) is 0 Å². The predicted octanol–water partition coefficient (Wildman–Crippen LogP) is 2.64. The Morgan fingerprint density at radius 3 is 3.06 bits per heavy atom. The largest absolute Gasteiger partial charge is 0.298 e. The second-order valence-electron chi connectivity index (χ2n) is 4.46. The van der Waals surface area contributed by atoms with Crippen molar-refractivity contribution in [2.45, 2.75) is 12.5 Å². The number of halogens is 2. The fourth-order valence-corrected chi connectivity index (χ4v) is 3.36. The average Bonchev–Trinajstić information content (AvgIpc) is 2.34. The minimum Gasteiger partial charge on any atom is -0.298 e. The van der Waals surface area contributed by atoms with Crippen LogP contribution in [-0.2, 0) is 11.2 Å². The predicted molar refractivity (Wildman–Crippen MR) is 73.9 cm³/mol. The number of nitrogens with zero attached hydrogens (tertiary/aromatic N) is 1. The molecule has 98 valence electrons. The Labute approximate surface area is 115 Å². The van der Waals surface area contributed by atoms with Crippen LogP contribution in [0.25, 0.3) is 0 Å². The summed E-state index contributed by atoms with van der Waals surface area (Å²) in [5.74, 6) is 1.57. The Hall–Kier alpha value is -0.580. The minimum atomic E-state index is -0.464. The first-order valence-electron chi connectivity index (χ1n) is 5.82. The minimum absolute atomic E-state index is 0.0533. The lowest BCUT2D eigenvalue weighted by molar-refractivity contribution is -0.122. The molecular weight excluding hydrogens is 273 g/mol. The molecule has 2 nitrogen and oxygen atoms in total. The number of hydrogen-bond donors (Lipinski definition) is 0. The quantitative estimate of drug-likeness (QED) is 0.852. The molecule has 0 spiro atoms. The van der Waals surface area contributed by atoms with Crippen LogP contribution < -0.4 is 0 Å². The average molecular weight is 288 g/mol. The van der Waals surface area contributed by atoms with E-state index in [2.05, 4.69) is 4.90 Å². The van der Waals surface area contributed by atoms with Gasteiger partial charge in [0.1, 0.15) is 5.82 Å². The van der Waals surface area contributed by atoms with Gasteiger partial charge in [-0.2, -0.15) is 11.8 Å². The lowest BCUT2D eigenvalue weighted by atomic mass is 10.0. The second kappa shape index (κ2) is 6.04. The van der Waals surface area contributed by atoms with E-state index in [1.807, 2.05) is 7.05 Å². The van der Waals surface area contributed by atoms with Gasteiger partial charge in [0.25, 0.3) is 0 Å². The molecule has 1 unspecified atom stereocenters. The fraction of sp³-hybridized carbons (Fsp3) is 0.462. The molecule has 18 heavy (non-hydrogen) atoms. The highest BCUT2D eigenvalue weighted by molar-refractivity contribution is 7.99. The van der Waals surface area contributed by atoms with Gasteiger partial charge >= 0.3 is 0 Å². The summed E-state index contributed by atoms with van der Waals surface area (Å²) in [7, 11) is 1.96. The van der Waals surface area contributed by atoms with E-state index in [1.165, 1.54) is 12.1 Å². The summed E-state index contributed by atoms with van der Waals surface area (Å²) in [6.45, 7) is 0.927. The molecule has 1 aromatic rings. The van der Waals surface area contributed by atoms with Gasteiger partial charge in [-0.1, -0.05) is 17.7 Å². The third kappa shape index (κ3) is 3.25. The summed E-state index contributed by atoms with van der Waals surface area (Å²) in [5, 5.41) is 0.0940. The molecule has 0 amide bonds. The zero-order chi connectivity index (χ0) is 13.1. The van der Waals surface area contributed by atoms with Crippen LogP contribution in [0.3, 0.4) is 0 Å². The maximum absolute atomic E-state index is 13.3. The van der Waals surface area contributed by atoms with Crippen LogP contribution in [0, 0.1) is 5.82 Å². The van der Waals surface area contributed by atoms with Crippen LogP contribution in [0.1, 0.15) is 5.56 Å². The van der Waals surface area contributed by atoms with E-state index in [0.29, 0.717) is 5.56 Å². The molecule has 1 fully saturated rings. The Kier molecular flexibility index (Phi) is 4.65. The van der Waals surface area contributed by atoms with Crippen molar-refractivity contribution in [3.8, 4) is 0 Å². The standard InChI is InChI=1S/C13H15ClFNOS/c1-16-4-5-18-8-12(16)13(17)7-9-2-3-10(14)11(15)6-9/h2-3,6,12H,4-5,7-8H2,1H3. The summed E-state index contributed by atoms with van der Waals surface area (Å²) in [5.41, 5.74) is 0.686. The lowest BCUT2D eigenvalue weighted by Gasteiger charge is -2.30. The first-order valence-corrected chi connectivity index (χ1v) is 7.36. The van der Waals surface area contributed by atoms with Gasteiger partial charge in [0.05, 0.1) is 11.1 Å². The Balaban J connectivity index is 2.04. The van der Waals surface area contributed by atoms with E-state index in [0.717, 1.165) is 18.1 Å². The number of rotatable bonds is 3. The lowest BCUT2D eigenvalue weighted by Crippen LogP contribution is -2.45. The van der Waals surface area contributed by atoms with Crippen LogP contribution in [-0.4, -0.2) is 41.8 Å². The van der Waals surface area contributed by atoms with E-state index in [1.54, 1.807) is 17.8 Å². The molecule has 0 bridgehead atoms. The molecule has 0 aliphatic carbocycles. The van der Waals surface area contributed by atoms with Crippen molar-refractivity contribution in [2.75, 3.05) is 25.1 Å². The molecule has 0 N–H and O–H groups in total. The van der Waals surface area contributed by atoms with E-state index < -0.39 is 5.82 Å². The fourth-order valence-electron chi connectivity index (χ4n) is 1.99. The molecule has 1 aromatic carbocycles. The topological polar surface area (TPSA) is 20.3 Å². The highest BCUT2D eigenvalue weighted by Crippen LogP contribution is 2.19. The van der Waals surface area contributed by atoms with Gasteiger partial charge in [-0.25, -0.2) is 4.39 Å². The summed E-state index contributed by atoms with van der Waals surface area (Å²) in [6.07, 6.45) is 0.268. The molecule has 1 aliphatic heterocycles. The van der Waals surface area contributed by atoms with E-state index in [-0.39, 0.29) is 23.3 Å². The first kappa shape index (κ1) is 13.8. The molecule has 1 atom stereocenters. The van der Waals surface area contributed by atoms with Crippen LogP contribution in [0.15, 0.2) is 18.2 Å². The number of carbonyl (C=O) groups excluding carboxylic acids is 1. The van der Waals surface area contributed by atoms with Crippen LogP contribution in [0.4, 0.5) is 4.39 Å². The van der Waals surface area contributed by atoms with Crippen LogP contribution in [0.2, 0.25) is 5.02 Å². The Bertz CT molecular complexity index is 455. The maximum atomic E-state index is 13.3. The number of ketones is 1. The SMILES string of the molecule is CN1CCSCC1C(=O)Cc1ccc(Cl)c(F)c1. The maximum Gasteiger partial charge on any atom is 0.155 e. The van der Waals surface area contributed by atoms with Gasteiger partial charge in [-0.05, 0) is 24.7 Å².